The van der Waals surface area contributed by atoms with Crippen LogP contribution in [0, 0.1) is 5.92 Å². The van der Waals surface area contributed by atoms with Crippen molar-refractivity contribution >= 4 is 16.1 Å². The van der Waals surface area contributed by atoms with E-state index in [9.17, 15) is 22.9 Å². The van der Waals surface area contributed by atoms with E-state index in [-0.39, 0.29) is 16.9 Å². The van der Waals surface area contributed by atoms with Crippen molar-refractivity contribution in [3.8, 4) is 0 Å². The maximum Gasteiger partial charge on any atom is 0.343 e. The maximum atomic E-state index is 12.9. The number of quaternary nitrogens is 1. The van der Waals surface area contributed by atoms with Gasteiger partial charge in [0.15, 0.2) is 11.7 Å². The van der Waals surface area contributed by atoms with E-state index in [2.05, 4.69) is 14.1 Å². The van der Waals surface area contributed by atoms with Crippen LogP contribution < -0.4 is 0 Å². The van der Waals surface area contributed by atoms with Crippen LogP contribution in [0.3, 0.4) is 0 Å². The number of nitrogens with zero attached hydrogens (tertiary/aromatic N) is 1. The van der Waals surface area contributed by atoms with Gasteiger partial charge in [0.1, 0.15) is 16.7 Å². The molecule has 7 nitrogen and oxygen atoms in total. The average molecular weight is 476 g/mol. The van der Waals surface area contributed by atoms with Gasteiger partial charge in [-0.3, -0.25) is 0 Å². The Hall–Kier alpha value is -2.26. The van der Waals surface area contributed by atoms with Crippen molar-refractivity contribution in [2.24, 2.45) is 5.92 Å². The number of likely N-dealkylation sites (tertiary alicyclic amines) is 1. The van der Waals surface area contributed by atoms with Crippen molar-refractivity contribution in [3.05, 3.63) is 66.2 Å². The number of carbonyl (C=O) groups excluding carboxylic acids is 1. The average Bonchev–Trinajstić information content (AvgIpc) is 3.44. The summed E-state index contributed by atoms with van der Waals surface area (Å²) in [5.41, 5.74) is -0.832. The molecular weight excluding hydrogens is 442 g/mol. The fraction of sp³-hybridized carbons (Fsp3) is 0.480. The van der Waals surface area contributed by atoms with Gasteiger partial charge in [-0.25, -0.2) is 13.2 Å². The highest BCUT2D eigenvalue weighted by molar-refractivity contribution is 7.85. The van der Waals surface area contributed by atoms with Gasteiger partial charge in [0.2, 0.25) is 0 Å². The molecule has 1 N–H and O–H groups in total. The number of benzene rings is 2. The summed E-state index contributed by atoms with van der Waals surface area (Å²) in [5.74, 6) is -0.496. The van der Waals surface area contributed by atoms with Gasteiger partial charge in [0.25, 0.3) is 0 Å². The monoisotopic (exact) mass is 475 g/mol. The largest absolute Gasteiger partial charge is 0.744 e. The Kier molecular flexibility index (Phi) is 7.95. The topological polar surface area (TPSA) is 104 Å². The Bertz CT molecular complexity index is 1020. The van der Waals surface area contributed by atoms with Crippen molar-refractivity contribution < 1.29 is 32.1 Å². The Morgan fingerprint density at radius 2 is 1.55 bits per heavy atom. The Labute approximate surface area is 196 Å². The number of carbonyl (C=O) groups is 1. The summed E-state index contributed by atoms with van der Waals surface area (Å²) in [6, 6.07) is 16.5. The highest BCUT2D eigenvalue weighted by atomic mass is 32.2. The molecule has 2 aromatic rings. The van der Waals surface area contributed by atoms with E-state index in [0.717, 1.165) is 49.7 Å². The van der Waals surface area contributed by atoms with Gasteiger partial charge < -0.3 is 18.9 Å². The lowest BCUT2D eigenvalue weighted by Crippen LogP contribution is -2.46. The zero-order valence-electron chi connectivity index (χ0n) is 19.2. The molecule has 2 aliphatic rings. The third kappa shape index (κ3) is 6.41. The van der Waals surface area contributed by atoms with Gasteiger partial charge in [0, 0.05) is 12.3 Å². The lowest BCUT2D eigenvalue weighted by Gasteiger charge is -2.33. The SMILES string of the molecule is C[N+]1(C)CC[C@H](OC(=O)[C@](O)(c2ccccc2)C2CCCC2)C1.O=S(=O)([O-])c1ccccc1. The minimum Gasteiger partial charge on any atom is -0.744 e. The number of hydrogen-bond acceptors (Lipinski definition) is 6. The van der Waals surface area contributed by atoms with Crippen LogP contribution in [-0.2, 0) is 25.3 Å². The van der Waals surface area contributed by atoms with Gasteiger partial charge in [-0.1, -0.05) is 61.4 Å². The van der Waals surface area contributed by atoms with Gasteiger partial charge in [0.05, 0.1) is 25.5 Å². The van der Waals surface area contributed by atoms with E-state index in [1.807, 2.05) is 30.3 Å². The molecule has 180 valence electrons. The van der Waals surface area contributed by atoms with Crippen molar-refractivity contribution in [3.63, 3.8) is 0 Å². The molecule has 1 heterocycles. The second-order valence-electron chi connectivity index (χ2n) is 9.54. The molecule has 0 bridgehead atoms. The molecule has 33 heavy (non-hydrogen) atoms. The summed E-state index contributed by atoms with van der Waals surface area (Å²) in [4.78, 5) is 12.8. The molecule has 4 rings (SSSR count). The second kappa shape index (κ2) is 10.3. The predicted molar refractivity (Wildman–Crippen MR) is 123 cm³/mol. The molecule has 2 fully saturated rings. The second-order valence-corrected chi connectivity index (χ2v) is 10.9. The standard InChI is InChI=1S/C19H28NO3.C6H6O3S/c1-20(2)13-12-17(14-20)23-18(21)19(22,16-10-6-7-11-16)15-8-4-3-5-9-15;7-10(8,9)6-4-2-1-3-5-6/h3-5,8-9,16-17,22H,6-7,10-14H2,1-2H3;1-5H,(H,7,8,9)/q+1;/p-1/t17-,19-;/m0./s1. The van der Waals surface area contributed by atoms with Crippen LogP contribution in [0.25, 0.3) is 0 Å². The number of hydrogen-bond donors (Lipinski definition) is 1. The summed E-state index contributed by atoms with van der Waals surface area (Å²) in [5, 5.41) is 11.4. The van der Waals surface area contributed by atoms with E-state index in [1.54, 1.807) is 6.07 Å². The molecule has 1 aliphatic carbocycles. The van der Waals surface area contributed by atoms with E-state index in [4.69, 9.17) is 4.74 Å². The summed E-state index contributed by atoms with van der Waals surface area (Å²) in [7, 11) is 0.0412. The molecule has 2 atom stereocenters. The van der Waals surface area contributed by atoms with Crippen LogP contribution in [0.2, 0.25) is 0 Å². The van der Waals surface area contributed by atoms with E-state index < -0.39 is 21.7 Å². The van der Waals surface area contributed by atoms with Crippen molar-refractivity contribution in [2.45, 2.75) is 48.7 Å². The molecule has 0 aromatic heterocycles. The summed E-state index contributed by atoms with van der Waals surface area (Å²) in [6.45, 7) is 1.83. The number of rotatable bonds is 5. The van der Waals surface area contributed by atoms with Gasteiger partial charge in [-0.05, 0) is 30.5 Å². The summed E-state index contributed by atoms with van der Waals surface area (Å²) in [6.07, 6.45) is 4.68. The lowest BCUT2D eigenvalue weighted by atomic mass is 9.80. The molecule has 8 heteroatoms. The van der Waals surface area contributed by atoms with Crippen LogP contribution in [0.4, 0.5) is 0 Å². The zero-order chi connectivity index (χ0) is 24.1. The Balaban J connectivity index is 0.000000257. The van der Waals surface area contributed by atoms with Crippen molar-refractivity contribution in [2.75, 3.05) is 27.2 Å². The first kappa shape index (κ1) is 25.4. The fourth-order valence-corrected chi connectivity index (χ4v) is 5.20. The normalized spacial score (nSPS) is 22.1. The van der Waals surface area contributed by atoms with Crippen molar-refractivity contribution in [1.82, 2.24) is 0 Å². The Morgan fingerprint density at radius 3 is 2.00 bits per heavy atom. The molecule has 1 saturated carbocycles. The van der Waals surface area contributed by atoms with Crippen molar-refractivity contribution in [1.29, 1.82) is 0 Å². The molecule has 1 saturated heterocycles. The lowest BCUT2D eigenvalue weighted by molar-refractivity contribution is -0.879. The van der Waals surface area contributed by atoms with E-state index >= 15 is 0 Å². The highest BCUT2D eigenvalue weighted by Crippen LogP contribution is 2.42. The van der Waals surface area contributed by atoms with E-state index in [1.165, 1.54) is 24.3 Å². The van der Waals surface area contributed by atoms with Crippen LogP contribution in [0.5, 0.6) is 0 Å². The minimum absolute atomic E-state index is 0.0405. The third-order valence-electron chi connectivity index (χ3n) is 6.53. The molecule has 0 radical (unpaired) electrons. The van der Waals surface area contributed by atoms with Gasteiger partial charge in [-0.15, -0.1) is 0 Å². The number of esters is 1. The third-order valence-corrected chi connectivity index (χ3v) is 7.38. The predicted octanol–water partition coefficient (Wildman–Crippen LogP) is 3.05. The summed E-state index contributed by atoms with van der Waals surface area (Å²) < 4.78 is 37.5. The van der Waals surface area contributed by atoms with Crippen LogP contribution in [0.1, 0.15) is 37.7 Å². The number of ether oxygens (including phenoxy) is 1. The zero-order valence-corrected chi connectivity index (χ0v) is 20.0. The molecule has 0 spiro atoms. The minimum atomic E-state index is -4.25. The first-order valence-electron chi connectivity index (χ1n) is 11.3. The van der Waals surface area contributed by atoms with E-state index in [0.29, 0.717) is 5.56 Å². The van der Waals surface area contributed by atoms with Gasteiger partial charge in [-0.2, -0.15) is 0 Å². The summed E-state index contributed by atoms with van der Waals surface area (Å²) >= 11 is 0. The first-order valence-corrected chi connectivity index (χ1v) is 12.7. The molecule has 0 amide bonds. The van der Waals surface area contributed by atoms with Crippen LogP contribution in [-0.4, -0.2) is 61.8 Å². The van der Waals surface area contributed by atoms with Crippen LogP contribution in [0.15, 0.2) is 65.6 Å². The molecule has 2 aromatic carbocycles. The smallest absolute Gasteiger partial charge is 0.343 e. The quantitative estimate of drug-likeness (QED) is 0.405. The molecular formula is C25H33NO6S. The Morgan fingerprint density at radius 1 is 1.00 bits per heavy atom. The highest BCUT2D eigenvalue weighted by Gasteiger charge is 2.49. The first-order chi connectivity index (χ1) is 15.5. The fourth-order valence-electron chi connectivity index (χ4n) is 4.71. The number of aliphatic hydroxyl groups is 1. The maximum absolute atomic E-state index is 12.9. The van der Waals surface area contributed by atoms with Gasteiger partial charge >= 0.3 is 5.97 Å². The molecule has 1 aliphatic heterocycles. The number of likely N-dealkylation sites (N-methyl/N-ethyl adjacent to an activating group) is 1. The van der Waals surface area contributed by atoms with Crippen LogP contribution >= 0.6 is 0 Å². The molecule has 0 unspecified atom stereocenters.